The number of allylic oxidation sites excluding steroid dienone is 2. The van der Waals surface area contributed by atoms with Gasteiger partial charge < -0.3 is 4.74 Å². The Balaban J connectivity index is 2.77. The molecule has 2 heteroatoms. The first-order chi connectivity index (χ1) is 4.69. The Kier molecular flexibility index (Phi) is 1.90. The fraction of sp³-hybridized carbons (Fsp3) is 0.500. The summed E-state index contributed by atoms with van der Waals surface area (Å²) < 4.78 is 17.9. The molecule has 0 spiro atoms. The van der Waals surface area contributed by atoms with Gasteiger partial charge in [0, 0.05) is 7.11 Å². The number of alkyl halides is 1. The highest BCUT2D eigenvalue weighted by atomic mass is 19.1. The Bertz CT molecular complexity index is 174. The fourth-order valence-electron chi connectivity index (χ4n) is 0.872. The SMILES string of the molecule is COC1(C)C=CC=CC1F. The minimum absolute atomic E-state index is 0.755. The van der Waals surface area contributed by atoms with E-state index in [4.69, 9.17) is 4.74 Å². The highest BCUT2D eigenvalue weighted by Gasteiger charge is 2.30. The van der Waals surface area contributed by atoms with E-state index in [-0.39, 0.29) is 0 Å². The topological polar surface area (TPSA) is 9.23 Å². The molecule has 0 saturated heterocycles. The molecule has 0 heterocycles. The van der Waals surface area contributed by atoms with Crippen LogP contribution in [0, 0.1) is 0 Å². The van der Waals surface area contributed by atoms with E-state index in [0.717, 1.165) is 0 Å². The van der Waals surface area contributed by atoms with E-state index in [1.54, 1.807) is 25.2 Å². The van der Waals surface area contributed by atoms with Gasteiger partial charge in [-0.2, -0.15) is 0 Å². The third-order valence-corrected chi connectivity index (χ3v) is 1.81. The minimum atomic E-state index is -1.03. The Labute approximate surface area is 60.2 Å². The van der Waals surface area contributed by atoms with Gasteiger partial charge in [0.05, 0.1) is 0 Å². The average molecular weight is 142 g/mol. The zero-order chi connectivity index (χ0) is 7.61. The quantitative estimate of drug-likeness (QED) is 0.543. The van der Waals surface area contributed by atoms with Crippen molar-refractivity contribution in [3.8, 4) is 0 Å². The summed E-state index contributed by atoms with van der Waals surface area (Å²) in [6.07, 6.45) is 5.66. The molecule has 0 aliphatic heterocycles. The van der Waals surface area contributed by atoms with Gasteiger partial charge in [-0.1, -0.05) is 12.2 Å². The Morgan fingerprint density at radius 2 is 2.20 bits per heavy atom. The summed E-state index contributed by atoms with van der Waals surface area (Å²) in [6, 6.07) is 0. The Hall–Kier alpha value is -0.630. The van der Waals surface area contributed by atoms with Crippen LogP contribution in [0.25, 0.3) is 0 Å². The maximum Gasteiger partial charge on any atom is 0.151 e. The van der Waals surface area contributed by atoms with E-state index in [2.05, 4.69) is 0 Å². The lowest BCUT2D eigenvalue weighted by Crippen LogP contribution is -2.36. The summed E-state index contributed by atoms with van der Waals surface area (Å²) in [5.74, 6) is 0. The molecule has 0 aromatic rings. The van der Waals surface area contributed by atoms with Crippen LogP contribution in [-0.2, 0) is 4.74 Å². The molecule has 0 radical (unpaired) electrons. The van der Waals surface area contributed by atoms with Gasteiger partial charge in [0.2, 0.25) is 0 Å². The van der Waals surface area contributed by atoms with Gasteiger partial charge in [-0.25, -0.2) is 4.39 Å². The lowest BCUT2D eigenvalue weighted by molar-refractivity contribution is -0.00150. The summed E-state index contributed by atoms with van der Waals surface area (Å²) >= 11 is 0. The molecule has 0 amide bonds. The van der Waals surface area contributed by atoms with Gasteiger partial charge >= 0.3 is 0 Å². The normalized spacial score (nSPS) is 38.5. The zero-order valence-electron chi connectivity index (χ0n) is 6.17. The van der Waals surface area contributed by atoms with Gasteiger partial charge in [0.25, 0.3) is 0 Å². The predicted octanol–water partition coefficient (Wildman–Crippen LogP) is 1.86. The molecule has 0 bridgehead atoms. The van der Waals surface area contributed by atoms with E-state index in [1.165, 1.54) is 13.2 Å². The predicted molar refractivity (Wildman–Crippen MR) is 38.6 cm³/mol. The molecular weight excluding hydrogens is 131 g/mol. The molecule has 0 aromatic carbocycles. The van der Waals surface area contributed by atoms with Crippen LogP contribution in [0.4, 0.5) is 4.39 Å². The van der Waals surface area contributed by atoms with E-state index >= 15 is 0 Å². The third kappa shape index (κ3) is 1.12. The van der Waals surface area contributed by atoms with Crippen LogP contribution >= 0.6 is 0 Å². The van der Waals surface area contributed by atoms with Crippen molar-refractivity contribution in [2.24, 2.45) is 0 Å². The smallest absolute Gasteiger partial charge is 0.151 e. The lowest BCUT2D eigenvalue weighted by atomic mass is 9.96. The second-order valence-corrected chi connectivity index (χ2v) is 2.53. The number of rotatable bonds is 1. The fourth-order valence-corrected chi connectivity index (χ4v) is 0.872. The summed E-state index contributed by atoms with van der Waals surface area (Å²) in [4.78, 5) is 0. The van der Waals surface area contributed by atoms with Gasteiger partial charge in [-0.15, -0.1) is 0 Å². The van der Waals surface area contributed by atoms with Crippen LogP contribution < -0.4 is 0 Å². The number of ether oxygens (including phenoxy) is 1. The molecule has 2 unspecified atom stereocenters. The molecule has 1 nitrogen and oxygen atoms in total. The van der Waals surface area contributed by atoms with Crippen molar-refractivity contribution >= 4 is 0 Å². The van der Waals surface area contributed by atoms with Gasteiger partial charge in [0.1, 0.15) is 5.60 Å². The van der Waals surface area contributed by atoms with Gasteiger partial charge in [0.15, 0.2) is 6.17 Å². The summed E-state index contributed by atoms with van der Waals surface area (Å²) in [6.45, 7) is 1.72. The third-order valence-electron chi connectivity index (χ3n) is 1.81. The minimum Gasteiger partial charge on any atom is -0.371 e. The van der Waals surface area contributed by atoms with E-state index < -0.39 is 11.8 Å². The van der Waals surface area contributed by atoms with Crippen LogP contribution in [0.5, 0.6) is 0 Å². The van der Waals surface area contributed by atoms with Crippen LogP contribution in [-0.4, -0.2) is 18.9 Å². The highest BCUT2D eigenvalue weighted by molar-refractivity contribution is 5.21. The Morgan fingerprint density at radius 1 is 1.50 bits per heavy atom. The first-order valence-electron chi connectivity index (χ1n) is 3.24. The van der Waals surface area contributed by atoms with Crippen molar-refractivity contribution < 1.29 is 9.13 Å². The molecule has 0 aromatic heterocycles. The zero-order valence-corrected chi connectivity index (χ0v) is 6.17. The van der Waals surface area contributed by atoms with Crippen LogP contribution in [0.3, 0.4) is 0 Å². The number of hydrogen-bond donors (Lipinski definition) is 0. The molecular formula is C8H11FO. The second kappa shape index (κ2) is 2.54. The van der Waals surface area contributed by atoms with E-state index in [0.29, 0.717) is 0 Å². The van der Waals surface area contributed by atoms with Crippen molar-refractivity contribution in [2.45, 2.75) is 18.7 Å². The van der Waals surface area contributed by atoms with Gasteiger partial charge in [-0.05, 0) is 19.1 Å². The number of hydrogen-bond acceptors (Lipinski definition) is 1. The summed E-state index contributed by atoms with van der Waals surface area (Å²) in [5.41, 5.74) is -0.755. The number of methoxy groups -OCH3 is 1. The highest BCUT2D eigenvalue weighted by Crippen LogP contribution is 2.23. The first kappa shape index (κ1) is 7.48. The monoisotopic (exact) mass is 142 g/mol. The average Bonchev–Trinajstić information content (AvgIpc) is 1.96. The molecule has 10 heavy (non-hydrogen) atoms. The van der Waals surface area contributed by atoms with Crippen molar-refractivity contribution in [3.63, 3.8) is 0 Å². The summed E-state index contributed by atoms with van der Waals surface area (Å²) in [5, 5.41) is 0. The van der Waals surface area contributed by atoms with Crippen molar-refractivity contribution in [2.75, 3.05) is 7.11 Å². The molecule has 0 N–H and O–H groups in total. The van der Waals surface area contributed by atoms with E-state index in [1.807, 2.05) is 0 Å². The van der Waals surface area contributed by atoms with E-state index in [9.17, 15) is 4.39 Å². The standard InChI is InChI=1S/C8H11FO/c1-8(10-2)6-4-3-5-7(8)9/h3-7H,1-2H3. The molecule has 1 rings (SSSR count). The van der Waals surface area contributed by atoms with Crippen molar-refractivity contribution in [1.82, 2.24) is 0 Å². The number of halogens is 1. The first-order valence-corrected chi connectivity index (χ1v) is 3.24. The van der Waals surface area contributed by atoms with Gasteiger partial charge in [-0.3, -0.25) is 0 Å². The van der Waals surface area contributed by atoms with Crippen molar-refractivity contribution in [1.29, 1.82) is 0 Å². The maximum atomic E-state index is 13.0. The lowest BCUT2D eigenvalue weighted by Gasteiger charge is -2.27. The van der Waals surface area contributed by atoms with Crippen LogP contribution in [0.2, 0.25) is 0 Å². The van der Waals surface area contributed by atoms with Crippen LogP contribution in [0.1, 0.15) is 6.92 Å². The Morgan fingerprint density at radius 3 is 2.60 bits per heavy atom. The maximum absolute atomic E-state index is 13.0. The molecule has 1 aliphatic rings. The molecule has 1 aliphatic carbocycles. The summed E-state index contributed by atoms with van der Waals surface area (Å²) in [7, 11) is 1.51. The van der Waals surface area contributed by atoms with Crippen molar-refractivity contribution in [3.05, 3.63) is 24.3 Å². The molecule has 2 atom stereocenters. The second-order valence-electron chi connectivity index (χ2n) is 2.53. The molecule has 0 fully saturated rings. The van der Waals surface area contributed by atoms with Crippen LogP contribution in [0.15, 0.2) is 24.3 Å². The molecule has 56 valence electrons. The largest absolute Gasteiger partial charge is 0.371 e. The molecule has 0 saturated carbocycles.